The van der Waals surface area contributed by atoms with E-state index in [0.717, 1.165) is 40.6 Å². The Morgan fingerprint density at radius 1 is 1.14 bits per heavy atom. The van der Waals surface area contributed by atoms with E-state index in [1.165, 1.54) is 19.3 Å². The van der Waals surface area contributed by atoms with Gasteiger partial charge in [-0.2, -0.15) is 0 Å². The number of para-hydroxylation sites is 1. The maximum absolute atomic E-state index is 13.5. The molecule has 37 heavy (non-hydrogen) atoms. The highest BCUT2D eigenvalue weighted by Crippen LogP contribution is 2.60. The lowest BCUT2D eigenvalue weighted by Crippen LogP contribution is -2.59. The van der Waals surface area contributed by atoms with Crippen LogP contribution in [-0.4, -0.2) is 64.9 Å². The van der Waals surface area contributed by atoms with E-state index in [2.05, 4.69) is 27.9 Å². The van der Waals surface area contributed by atoms with Crippen LogP contribution in [0, 0.1) is 26.7 Å². The van der Waals surface area contributed by atoms with Crippen LogP contribution in [0.15, 0.2) is 35.9 Å². The number of hydrogen-bond acceptors (Lipinski definition) is 5. The average Bonchev–Trinajstić information content (AvgIpc) is 2.87. The van der Waals surface area contributed by atoms with Crippen LogP contribution in [0.2, 0.25) is 0 Å². The van der Waals surface area contributed by atoms with Crippen LogP contribution >= 0.6 is 22.6 Å². The van der Waals surface area contributed by atoms with Crippen LogP contribution in [0.4, 0.5) is 0 Å². The largest absolute Gasteiger partial charge is 0.482 e. The van der Waals surface area contributed by atoms with Crippen molar-refractivity contribution in [2.75, 3.05) is 19.7 Å². The van der Waals surface area contributed by atoms with Gasteiger partial charge in [-0.25, -0.2) is 0 Å². The summed E-state index contributed by atoms with van der Waals surface area (Å²) in [6.45, 7) is 2.51. The number of carbonyl (C=O) groups excluding carboxylic acids is 2. The van der Waals surface area contributed by atoms with Crippen LogP contribution in [-0.2, 0) is 9.59 Å². The van der Waals surface area contributed by atoms with Crippen LogP contribution in [0.5, 0.6) is 5.75 Å². The molecular formula is C29H39IN2O5. The Kier molecular flexibility index (Phi) is 8.17. The fraction of sp³-hybridized carbons (Fsp3) is 0.655. The fourth-order valence-corrected chi connectivity index (χ4v) is 8.42. The highest BCUT2D eigenvalue weighted by Gasteiger charge is 2.53. The number of ether oxygens (including phenoxy) is 1. The molecule has 0 aliphatic heterocycles. The number of aliphatic hydroxyl groups is 2. The summed E-state index contributed by atoms with van der Waals surface area (Å²) in [6.07, 6.45) is 8.06. The Labute approximate surface area is 233 Å². The molecule has 4 bridgehead atoms. The second-order valence-corrected chi connectivity index (χ2v) is 12.9. The van der Waals surface area contributed by atoms with Crippen molar-refractivity contribution in [1.82, 2.24) is 10.2 Å². The molecule has 0 aromatic heterocycles. The van der Waals surface area contributed by atoms with Crippen molar-refractivity contribution in [2.45, 2.75) is 76.5 Å². The molecule has 1 aromatic carbocycles. The van der Waals surface area contributed by atoms with E-state index in [1.807, 2.05) is 36.1 Å². The highest BCUT2D eigenvalue weighted by atomic mass is 127. The summed E-state index contributed by atoms with van der Waals surface area (Å²) < 4.78 is 7.18. The first-order valence-corrected chi connectivity index (χ1v) is 14.9. The molecule has 8 heteroatoms. The Balaban J connectivity index is 1.44. The van der Waals surface area contributed by atoms with E-state index in [0.29, 0.717) is 24.3 Å². The molecule has 7 nitrogen and oxygen atoms in total. The third-order valence-electron chi connectivity index (χ3n) is 9.01. The first-order chi connectivity index (χ1) is 17.8. The number of hydrogen-bond donors (Lipinski definition) is 3. The van der Waals surface area contributed by atoms with Gasteiger partial charge in [-0.1, -0.05) is 19.1 Å². The topological polar surface area (TPSA) is 99.1 Å². The van der Waals surface area contributed by atoms with E-state index < -0.39 is 18.2 Å². The average molecular weight is 623 g/mol. The molecule has 3 atom stereocenters. The fourth-order valence-electron chi connectivity index (χ4n) is 7.90. The number of halogens is 1. The van der Waals surface area contributed by atoms with Crippen molar-refractivity contribution in [2.24, 2.45) is 23.2 Å². The first kappa shape index (κ1) is 26.9. The molecule has 202 valence electrons. The summed E-state index contributed by atoms with van der Waals surface area (Å²) in [5, 5.41) is 23.6. The minimum absolute atomic E-state index is 0.0184. The first-order valence-electron chi connectivity index (χ1n) is 13.8. The summed E-state index contributed by atoms with van der Waals surface area (Å²) in [5.41, 5.74) is 0.601. The molecule has 4 saturated carbocycles. The lowest BCUT2D eigenvalue weighted by Gasteiger charge is -2.58. The summed E-state index contributed by atoms with van der Waals surface area (Å²) >= 11 is 2.19. The zero-order valence-electron chi connectivity index (χ0n) is 21.6. The van der Waals surface area contributed by atoms with Gasteiger partial charge in [0.05, 0.1) is 16.2 Å². The number of aliphatic hydroxyl groups excluding tert-OH is 2. The quantitative estimate of drug-likeness (QED) is 0.366. The van der Waals surface area contributed by atoms with Crippen molar-refractivity contribution in [3.05, 3.63) is 39.5 Å². The molecule has 3 N–H and O–H groups in total. The minimum Gasteiger partial charge on any atom is -0.482 e. The van der Waals surface area contributed by atoms with Crippen molar-refractivity contribution in [3.8, 4) is 5.75 Å². The molecule has 6 rings (SSSR count). The van der Waals surface area contributed by atoms with Crippen LogP contribution in [0.1, 0.15) is 58.3 Å². The number of nitrogens with zero attached hydrogens (tertiary/aromatic N) is 1. The predicted molar refractivity (Wildman–Crippen MR) is 149 cm³/mol. The minimum atomic E-state index is -0.963. The lowest BCUT2D eigenvalue weighted by molar-refractivity contribution is -0.146. The summed E-state index contributed by atoms with van der Waals surface area (Å²) in [5.74, 6) is 2.64. The van der Waals surface area contributed by atoms with Crippen LogP contribution in [0.25, 0.3) is 0 Å². The summed E-state index contributed by atoms with van der Waals surface area (Å²) in [4.78, 5) is 28.4. The molecule has 0 spiro atoms. The highest BCUT2D eigenvalue weighted by molar-refractivity contribution is 14.1. The van der Waals surface area contributed by atoms with Crippen LogP contribution < -0.4 is 10.1 Å². The van der Waals surface area contributed by atoms with E-state index in [1.54, 1.807) is 6.08 Å². The number of rotatable bonds is 9. The molecule has 2 amide bonds. The van der Waals surface area contributed by atoms with Gasteiger partial charge < -0.3 is 25.2 Å². The molecule has 0 saturated heterocycles. The van der Waals surface area contributed by atoms with Gasteiger partial charge >= 0.3 is 0 Å². The smallest absolute Gasteiger partial charge is 0.247 e. The van der Waals surface area contributed by atoms with E-state index in [4.69, 9.17) is 4.74 Å². The normalized spacial score (nSPS) is 34.1. The number of benzene rings is 1. The van der Waals surface area contributed by atoms with Gasteiger partial charge in [-0.15, -0.1) is 0 Å². The van der Waals surface area contributed by atoms with Crippen molar-refractivity contribution in [3.63, 3.8) is 0 Å². The van der Waals surface area contributed by atoms with Crippen molar-refractivity contribution >= 4 is 34.4 Å². The van der Waals surface area contributed by atoms with Gasteiger partial charge in [0.25, 0.3) is 0 Å². The van der Waals surface area contributed by atoms with Crippen molar-refractivity contribution in [1.29, 1.82) is 0 Å². The second kappa shape index (κ2) is 11.2. The number of amides is 2. The number of nitrogens with one attached hydrogen (secondary N) is 1. The molecule has 5 aliphatic rings. The van der Waals surface area contributed by atoms with Crippen molar-refractivity contribution < 1.29 is 24.5 Å². The predicted octanol–water partition coefficient (Wildman–Crippen LogP) is 3.66. The zero-order chi connectivity index (χ0) is 26.2. The molecule has 4 fully saturated rings. The lowest BCUT2D eigenvalue weighted by atomic mass is 9.49. The Hall–Kier alpha value is -1.65. The van der Waals surface area contributed by atoms with E-state index >= 15 is 0 Å². The molecule has 1 aromatic rings. The third-order valence-corrected chi connectivity index (χ3v) is 9.90. The Bertz CT molecular complexity index is 1010. The molecule has 0 radical (unpaired) electrons. The van der Waals surface area contributed by atoms with E-state index in [-0.39, 0.29) is 36.8 Å². The maximum Gasteiger partial charge on any atom is 0.247 e. The monoisotopic (exact) mass is 622 g/mol. The zero-order valence-corrected chi connectivity index (χ0v) is 23.7. The Morgan fingerprint density at radius 3 is 2.38 bits per heavy atom. The van der Waals surface area contributed by atoms with E-state index in [9.17, 15) is 19.8 Å². The maximum atomic E-state index is 13.5. The standard InChI is InChI=1S/C29H39IN2O5/c1-2-26(34)32(17-29-14-18-9-19(15-29)11-20(10-18)16-29)23-12-21(28(36)31-7-8-33)13-25(27(23)35)37-24-6-4-3-5-22(24)30/h3-6,13,18-20,23,25,27,33,35H,2,7-12,14-17H2,1H3,(H,31,36). The van der Waals surface area contributed by atoms with Gasteiger partial charge in [-0.05, 0) is 102 Å². The molecule has 0 heterocycles. The van der Waals surface area contributed by atoms with Gasteiger partial charge in [0, 0.05) is 31.5 Å². The van der Waals surface area contributed by atoms with Gasteiger partial charge in [0.2, 0.25) is 11.8 Å². The molecular weight excluding hydrogens is 583 g/mol. The van der Waals surface area contributed by atoms with Gasteiger partial charge in [0.1, 0.15) is 18.0 Å². The molecule has 5 aliphatic carbocycles. The third kappa shape index (κ3) is 5.71. The second-order valence-electron chi connectivity index (χ2n) is 11.7. The SMILES string of the molecule is CCC(=O)N(CC12CC3CC(CC(C3)C1)C2)C1CC(C(=O)NCCO)=CC(Oc2ccccc2I)C1O. The summed E-state index contributed by atoms with van der Waals surface area (Å²) in [6, 6.07) is 7.03. The summed E-state index contributed by atoms with van der Waals surface area (Å²) in [7, 11) is 0. The van der Waals surface area contributed by atoms with Gasteiger partial charge in [-0.3, -0.25) is 9.59 Å². The Morgan fingerprint density at radius 2 is 1.78 bits per heavy atom. The molecule has 3 unspecified atom stereocenters. The number of carbonyl (C=O) groups is 2. The van der Waals surface area contributed by atoms with Gasteiger partial charge in [0.15, 0.2) is 0 Å². The van der Waals surface area contributed by atoms with Crippen LogP contribution in [0.3, 0.4) is 0 Å².